The minimum absolute atomic E-state index is 0. The highest BCUT2D eigenvalue weighted by Gasteiger charge is 2.15. The summed E-state index contributed by atoms with van der Waals surface area (Å²) in [6, 6.07) is 6.16. The highest BCUT2D eigenvalue weighted by atomic mass is 127. The van der Waals surface area contributed by atoms with Crippen molar-refractivity contribution in [1.29, 1.82) is 0 Å². The maximum Gasteiger partial charge on any atom is 0.191 e. The van der Waals surface area contributed by atoms with E-state index in [2.05, 4.69) is 62.5 Å². The summed E-state index contributed by atoms with van der Waals surface area (Å²) >= 11 is 0. The largest absolute Gasteiger partial charge is 0.359 e. The summed E-state index contributed by atoms with van der Waals surface area (Å²) in [5, 5.41) is 10.7. The van der Waals surface area contributed by atoms with Gasteiger partial charge in [-0.3, -0.25) is 4.99 Å². The van der Waals surface area contributed by atoms with Crippen LogP contribution in [0.4, 0.5) is 5.82 Å². The molecule has 1 fully saturated rings. The minimum atomic E-state index is 0. The van der Waals surface area contributed by atoms with Gasteiger partial charge in [0.15, 0.2) is 11.7 Å². The van der Waals surface area contributed by atoms with E-state index >= 15 is 0 Å². The van der Waals surface area contributed by atoms with Crippen molar-refractivity contribution < 1.29 is 4.52 Å². The molecular weight excluding hydrogens is 481 g/mol. The first-order valence-corrected chi connectivity index (χ1v) is 9.83. The molecule has 0 aromatic carbocycles. The average molecular weight is 513 g/mol. The summed E-state index contributed by atoms with van der Waals surface area (Å²) in [7, 11) is 3.92. The van der Waals surface area contributed by atoms with E-state index < -0.39 is 0 Å². The Labute approximate surface area is 190 Å². The molecule has 0 atom stereocenters. The lowest BCUT2D eigenvalue weighted by Gasteiger charge is -2.33. The number of rotatable bonds is 6. The second kappa shape index (κ2) is 11.3. The molecule has 2 aromatic rings. The minimum Gasteiger partial charge on any atom is -0.359 e. The van der Waals surface area contributed by atoms with Crippen LogP contribution in [-0.2, 0) is 13.1 Å². The number of pyridine rings is 1. The molecule has 3 rings (SSSR count). The fourth-order valence-electron chi connectivity index (χ4n) is 3.04. The predicted molar refractivity (Wildman–Crippen MR) is 127 cm³/mol. The molecule has 2 aromatic heterocycles. The molecule has 8 nitrogen and oxygen atoms in total. The number of halogens is 1. The summed E-state index contributed by atoms with van der Waals surface area (Å²) < 4.78 is 5.36. The van der Waals surface area contributed by atoms with Crippen LogP contribution in [0.5, 0.6) is 0 Å². The van der Waals surface area contributed by atoms with Gasteiger partial charge < -0.3 is 25.0 Å². The summed E-state index contributed by atoms with van der Waals surface area (Å²) in [6.45, 7) is 9.58. The van der Waals surface area contributed by atoms with Gasteiger partial charge in [-0.2, -0.15) is 0 Å². The number of aliphatic imine (C=N–C) groups is 1. The molecule has 0 saturated carbocycles. The highest BCUT2D eigenvalue weighted by Crippen LogP contribution is 2.15. The Kier molecular flexibility index (Phi) is 9.15. The van der Waals surface area contributed by atoms with Gasteiger partial charge >= 0.3 is 0 Å². The third kappa shape index (κ3) is 6.84. The van der Waals surface area contributed by atoms with Crippen molar-refractivity contribution in [3.8, 4) is 0 Å². The first kappa shape index (κ1) is 23.4. The van der Waals surface area contributed by atoms with Crippen molar-refractivity contribution in [3.05, 3.63) is 41.4 Å². The lowest BCUT2D eigenvalue weighted by Crippen LogP contribution is -2.44. The van der Waals surface area contributed by atoms with E-state index in [0.29, 0.717) is 19.0 Å². The first-order chi connectivity index (χ1) is 13.5. The van der Waals surface area contributed by atoms with E-state index in [1.54, 1.807) is 7.05 Å². The molecule has 3 heterocycles. The summed E-state index contributed by atoms with van der Waals surface area (Å²) in [5.74, 6) is 2.92. The van der Waals surface area contributed by atoms with Crippen LogP contribution in [-0.4, -0.2) is 61.3 Å². The monoisotopic (exact) mass is 513 g/mol. The van der Waals surface area contributed by atoms with Crippen molar-refractivity contribution in [3.63, 3.8) is 0 Å². The molecule has 0 aliphatic carbocycles. The molecule has 1 aliphatic rings. The maximum atomic E-state index is 5.36. The van der Waals surface area contributed by atoms with Crippen molar-refractivity contribution in [2.45, 2.75) is 32.9 Å². The van der Waals surface area contributed by atoms with Gasteiger partial charge in [0.1, 0.15) is 5.82 Å². The van der Waals surface area contributed by atoms with E-state index in [9.17, 15) is 0 Å². The molecule has 2 N–H and O–H groups in total. The van der Waals surface area contributed by atoms with E-state index in [0.717, 1.165) is 49.4 Å². The van der Waals surface area contributed by atoms with Crippen LogP contribution in [0.2, 0.25) is 0 Å². The lowest BCUT2D eigenvalue weighted by molar-refractivity contribution is 0.312. The van der Waals surface area contributed by atoms with Gasteiger partial charge in [0, 0.05) is 52.0 Å². The standard InChI is InChI=1S/C20H31N7O.HI/c1-15(2)18-12-17(28-25-18)14-24-20(21-3)23-13-16-5-6-22-19(11-16)27-9-7-26(4)8-10-27;/h5-6,11-12,15H,7-10,13-14H2,1-4H3,(H2,21,23,24);1H. The van der Waals surface area contributed by atoms with Gasteiger partial charge in [-0.05, 0) is 30.7 Å². The quantitative estimate of drug-likeness (QED) is 0.349. The Morgan fingerprint density at radius 1 is 1.17 bits per heavy atom. The van der Waals surface area contributed by atoms with Crippen LogP contribution in [0.25, 0.3) is 0 Å². The van der Waals surface area contributed by atoms with E-state index in [1.807, 2.05) is 18.3 Å². The van der Waals surface area contributed by atoms with Crippen molar-refractivity contribution in [2.24, 2.45) is 4.99 Å². The van der Waals surface area contributed by atoms with Gasteiger partial charge in [0.25, 0.3) is 0 Å². The van der Waals surface area contributed by atoms with Crippen LogP contribution in [0.3, 0.4) is 0 Å². The third-order valence-electron chi connectivity index (χ3n) is 4.92. The second-order valence-electron chi connectivity index (χ2n) is 7.46. The van der Waals surface area contributed by atoms with E-state index in [4.69, 9.17) is 4.52 Å². The number of nitrogens with one attached hydrogen (secondary N) is 2. The van der Waals surface area contributed by atoms with E-state index in [1.165, 1.54) is 5.56 Å². The van der Waals surface area contributed by atoms with Gasteiger partial charge in [-0.1, -0.05) is 19.0 Å². The Morgan fingerprint density at radius 2 is 1.90 bits per heavy atom. The molecule has 29 heavy (non-hydrogen) atoms. The number of hydrogen-bond donors (Lipinski definition) is 2. The molecule has 1 saturated heterocycles. The maximum absolute atomic E-state index is 5.36. The van der Waals surface area contributed by atoms with Gasteiger partial charge in [-0.25, -0.2) is 4.98 Å². The summed E-state index contributed by atoms with van der Waals surface area (Å²) in [6.07, 6.45) is 1.88. The molecule has 1 aliphatic heterocycles. The summed E-state index contributed by atoms with van der Waals surface area (Å²) in [4.78, 5) is 13.5. The number of aromatic nitrogens is 2. The van der Waals surface area contributed by atoms with Crippen molar-refractivity contribution in [1.82, 2.24) is 25.7 Å². The summed E-state index contributed by atoms with van der Waals surface area (Å²) in [5.41, 5.74) is 2.14. The third-order valence-corrected chi connectivity index (χ3v) is 4.92. The zero-order valence-electron chi connectivity index (χ0n) is 17.7. The van der Waals surface area contributed by atoms with Gasteiger partial charge in [-0.15, -0.1) is 24.0 Å². The van der Waals surface area contributed by atoms with Crippen LogP contribution < -0.4 is 15.5 Å². The normalized spacial score (nSPS) is 15.3. The second-order valence-corrected chi connectivity index (χ2v) is 7.46. The zero-order chi connectivity index (χ0) is 19.9. The molecule has 0 radical (unpaired) electrons. The van der Waals surface area contributed by atoms with Crippen LogP contribution >= 0.6 is 24.0 Å². The molecule has 0 spiro atoms. The topological polar surface area (TPSA) is 81.8 Å². The Bertz CT molecular complexity index is 785. The Balaban J connectivity index is 0.00000300. The molecule has 0 unspecified atom stereocenters. The van der Waals surface area contributed by atoms with Crippen molar-refractivity contribution in [2.75, 3.05) is 45.2 Å². The number of piperazine rings is 1. The highest BCUT2D eigenvalue weighted by molar-refractivity contribution is 14.0. The van der Waals surface area contributed by atoms with Gasteiger partial charge in [0.2, 0.25) is 0 Å². The molecule has 9 heteroatoms. The number of hydrogen-bond acceptors (Lipinski definition) is 6. The van der Waals surface area contributed by atoms with Crippen LogP contribution in [0.15, 0.2) is 33.9 Å². The Hall–Kier alpha value is -1.88. The first-order valence-electron chi connectivity index (χ1n) is 9.83. The average Bonchev–Trinajstić information content (AvgIpc) is 3.18. The zero-order valence-corrected chi connectivity index (χ0v) is 20.0. The number of nitrogens with zero attached hydrogens (tertiary/aromatic N) is 5. The lowest BCUT2D eigenvalue weighted by atomic mass is 10.1. The van der Waals surface area contributed by atoms with Gasteiger partial charge in [0.05, 0.1) is 12.2 Å². The fraction of sp³-hybridized carbons (Fsp3) is 0.550. The van der Waals surface area contributed by atoms with Crippen molar-refractivity contribution >= 4 is 35.8 Å². The fourth-order valence-corrected chi connectivity index (χ4v) is 3.04. The molecule has 0 bridgehead atoms. The number of guanidine groups is 1. The number of anilines is 1. The molecule has 0 amide bonds. The number of likely N-dealkylation sites (N-methyl/N-ethyl adjacent to an activating group) is 1. The van der Waals surface area contributed by atoms with E-state index in [-0.39, 0.29) is 24.0 Å². The predicted octanol–water partition coefficient (Wildman–Crippen LogP) is 2.43. The van der Waals surface area contributed by atoms with Crippen LogP contribution in [0.1, 0.15) is 36.8 Å². The Morgan fingerprint density at radius 3 is 2.55 bits per heavy atom. The smallest absolute Gasteiger partial charge is 0.191 e. The SMILES string of the molecule is CN=C(NCc1ccnc(N2CCN(C)CC2)c1)NCc1cc(C(C)C)no1.I. The van der Waals surface area contributed by atoms with Crippen LogP contribution in [0, 0.1) is 0 Å². The molecule has 160 valence electrons. The molecular formula is C20H32IN7O.